The Hall–Kier alpha value is -1.41. The number of thiophene rings is 1. The number of sulfonamides is 1. The van der Waals surface area contributed by atoms with Crippen molar-refractivity contribution >= 4 is 27.4 Å². The molecule has 0 aliphatic rings. The van der Waals surface area contributed by atoms with E-state index < -0.39 is 10.0 Å². The molecule has 0 fully saturated rings. The molecule has 2 rings (SSSR count). The van der Waals surface area contributed by atoms with Crippen LogP contribution in [-0.2, 0) is 10.0 Å². The normalized spacial score (nSPS) is 11.7. The summed E-state index contributed by atoms with van der Waals surface area (Å²) in [4.78, 5) is 0.965. The van der Waals surface area contributed by atoms with Crippen molar-refractivity contribution in [3.63, 3.8) is 0 Å². The fourth-order valence-corrected chi connectivity index (χ4v) is 3.62. The first-order chi connectivity index (χ1) is 7.88. The number of aromatic nitrogens is 2. The summed E-state index contributed by atoms with van der Waals surface area (Å²) in [6.07, 6.45) is 0. The Balaban J connectivity index is 2.31. The molecule has 2 heterocycles. The average Bonchev–Trinajstić information content (AvgIpc) is 2.75. The van der Waals surface area contributed by atoms with Crippen molar-refractivity contribution in [1.29, 1.82) is 0 Å². The Morgan fingerprint density at radius 1 is 1.29 bits per heavy atom. The van der Waals surface area contributed by atoms with Gasteiger partial charge in [0.1, 0.15) is 4.21 Å². The van der Waals surface area contributed by atoms with Crippen molar-refractivity contribution in [2.24, 2.45) is 0 Å². The zero-order valence-electron chi connectivity index (χ0n) is 9.51. The molecule has 0 aromatic carbocycles. The first-order valence-corrected chi connectivity index (χ1v) is 7.08. The summed E-state index contributed by atoms with van der Waals surface area (Å²) in [7, 11) is -3.63. The highest BCUT2D eigenvalue weighted by molar-refractivity contribution is 7.94. The summed E-state index contributed by atoms with van der Waals surface area (Å²) in [6, 6.07) is 1.50. The van der Waals surface area contributed by atoms with Crippen molar-refractivity contribution < 1.29 is 12.8 Å². The van der Waals surface area contributed by atoms with E-state index >= 15 is 0 Å². The lowest BCUT2D eigenvalue weighted by Crippen LogP contribution is -2.11. The molecule has 0 radical (unpaired) electrons. The van der Waals surface area contributed by atoms with Crippen molar-refractivity contribution in [2.75, 3.05) is 4.72 Å². The molecule has 2 aromatic heterocycles. The van der Waals surface area contributed by atoms with Gasteiger partial charge in [-0.05, 0) is 25.5 Å². The van der Waals surface area contributed by atoms with Crippen molar-refractivity contribution in [3.8, 4) is 0 Å². The van der Waals surface area contributed by atoms with E-state index in [0.29, 0.717) is 5.89 Å². The molecular weight excluding hydrogens is 262 g/mol. The quantitative estimate of drug-likeness (QED) is 0.922. The maximum Gasteiger partial charge on any atom is 0.329 e. The third-order valence-corrected chi connectivity index (χ3v) is 5.10. The maximum atomic E-state index is 11.9. The van der Waals surface area contributed by atoms with Gasteiger partial charge in [-0.3, -0.25) is 0 Å². The van der Waals surface area contributed by atoms with Crippen LogP contribution in [0.4, 0.5) is 6.01 Å². The van der Waals surface area contributed by atoms with Gasteiger partial charge >= 0.3 is 6.01 Å². The third kappa shape index (κ3) is 2.47. The number of rotatable bonds is 3. The van der Waals surface area contributed by atoms with E-state index in [0.717, 1.165) is 10.4 Å². The lowest BCUT2D eigenvalue weighted by molar-refractivity contribution is 0.534. The summed E-state index contributed by atoms with van der Waals surface area (Å²) < 4.78 is 31.3. The van der Waals surface area contributed by atoms with Crippen LogP contribution in [0.15, 0.2) is 14.7 Å². The second kappa shape index (κ2) is 4.11. The van der Waals surface area contributed by atoms with Crippen LogP contribution in [0.25, 0.3) is 0 Å². The van der Waals surface area contributed by atoms with Crippen LogP contribution in [0.1, 0.15) is 16.3 Å². The first-order valence-electron chi connectivity index (χ1n) is 4.78. The minimum Gasteiger partial charge on any atom is -0.408 e. The SMILES string of the molecule is Cc1nnc(NS(=O)(=O)c2cc(C)c(C)s2)o1. The van der Waals surface area contributed by atoms with Gasteiger partial charge in [0, 0.05) is 11.8 Å². The second-order valence-electron chi connectivity index (χ2n) is 3.54. The minimum atomic E-state index is -3.63. The van der Waals surface area contributed by atoms with Crippen LogP contribution >= 0.6 is 11.3 Å². The zero-order chi connectivity index (χ0) is 12.6. The highest BCUT2D eigenvalue weighted by atomic mass is 32.2. The topological polar surface area (TPSA) is 85.1 Å². The van der Waals surface area contributed by atoms with Gasteiger partial charge < -0.3 is 4.42 Å². The Labute approximate surface area is 103 Å². The Kier molecular flexibility index (Phi) is 2.92. The van der Waals surface area contributed by atoms with Crippen LogP contribution in [0.3, 0.4) is 0 Å². The number of hydrogen-bond acceptors (Lipinski definition) is 6. The van der Waals surface area contributed by atoms with Gasteiger partial charge in [0.25, 0.3) is 10.0 Å². The Morgan fingerprint density at radius 2 is 2.00 bits per heavy atom. The molecule has 1 N–H and O–H groups in total. The van der Waals surface area contributed by atoms with Crippen LogP contribution in [0.2, 0.25) is 0 Å². The van der Waals surface area contributed by atoms with E-state index in [-0.39, 0.29) is 10.2 Å². The zero-order valence-corrected chi connectivity index (χ0v) is 11.1. The minimum absolute atomic E-state index is 0.119. The van der Waals surface area contributed by atoms with E-state index in [4.69, 9.17) is 4.42 Å². The fraction of sp³-hybridized carbons (Fsp3) is 0.333. The van der Waals surface area contributed by atoms with Crippen molar-refractivity contribution in [1.82, 2.24) is 10.2 Å². The predicted octanol–water partition coefficient (Wildman–Crippen LogP) is 1.86. The van der Waals surface area contributed by atoms with Gasteiger partial charge in [-0.15, -0.1) is 16.4 Å². The van der Waals surface area contributed by atoms with Crippen LogP contribution in [0.5, 0.6) is 0 Å². The summed E-state index contributed by atoms with van der Waals surface area (Å²) in [5.41, 5.74) is 0.942. The van der Waals surface area contributed by atoms with E-state index in [1.807, 2.05) is 13.8 Å². The maximum absolute atomic E-state index is 11.9. The molecule has 0 aliphatic heterocycles. The fourth-order valence-electron chi connectivity index (χ4n) is 1.17. The monoisotopic (exact) mass is 273 g/mol. The van der Waals surface area contributed by atoms with E-state index in [9.17, 15) is 8.42 Å². The molecule has 0 spiro atoms. The Morgan fingerprint density at radius 3 is 2.47 bits per heavy atom. The van der Waals surface area contributed by atoms with Gasteiger partial charge in [-0.25, -0.2) is 13.1 Å². The van der Waals surface area contributed by atoms with Gasteiger partial charge in [0.15, 0.2) is 0 Å². The van der Waals surface area contributed by atoms with Gasteiger partial charge in [-0.2, -0.15) is 0 Å². The largest absolute Gasteiger partial charge is 0.408 e. The molecule has 0 aliphatic carbocycles. The molecular formula is C9H11N3O3S2. The molecule has 92 valence electrons. The van der Waals surface area contributed by atoms with E-state index in [1.54, 1.807) is 13.0 Å². The van der Waals surface area contributed by atoms with Crippen molar-refractivity contribution in [3.05, 3.63) is 22.4 Å². The summed E-state index contributed by atoms with van der Waals surface area (Å²) >= 11 is 1.21. The lowest BCUT2D eigenvalue weighted by atomic mass is 10.3. The molecule has 0 saturated carbocycles. The first kappa shape index (κ1) is 12.1. The Bertz CT molecular complexity index is 623. The summed E-state index contributed by atoms with van der Waals surface area (Å²) in [5, 5.41) is 7.13. The molecule has 2 aromatic rings. The molecule has 0 bridgehead atoms. The molecule has 0 saturated heterocycles. The molecule has 0 atom stereocenters. The highest BCUT2D eigenvalue weighted by Crippen LogP contribution is 2.26. The van der Waals surface area contributed by atoms with Gasteiger partial charge in [0.05, 0.1) is 0 Å². The lowest BCUT2D eigenvalue weighted by Gasteiger charge is -1.99. The predicted molar refractivity (Wildman–Crippen MR) is 63.6 cm³/mol. The standard InChI is InChI=1S/C9H11N3O3S2/c1-5-4-8(16-6(5)2)17(13,14)12-9-11-10-7(3)15-9/h4H,1-3H3,(H,11,12). The van der Waals surface area contributed by atoms with Gasteiger partial charge in [0.2, 0.25) is 5.89 Å². The highest BCUT2D eigenvalue weighted by Gasteiger charge is 2.20. The van der Waals surface area contributed by atoms with Crippen molar-refractivity contribution in [2.45, 2.75) is 25.0 Å². The number of nitrogens with one attached hydrogen (secondary N) is 1. The van der Waals surface area contributed by atoms with E-state index in [1.165, 1.54) is 11.3 Å². The van der Waals surface area contributed by atoms with Crippen LogP contribution in [0, 0.1) is 20.8 Å². The smallest absolute Gasteiger partial charge is 0.329 e. The van der Waals surface area contributed by atoms with Crippen LogP contribution < -0.4 is 4.72 Å². The number of hydrogen-bond donors (Lipinski definition) is 1. The molecule has 6 nitrogen and oxygen atoms in total. The second-order valence-corrected chi connectivity index (χ2v) is 6.70. The summed E-state index contributed by atoms with van der Waals surface area (Å²) in [6.45, 7) is 5.32. The summed E-state index contributed by atoms with van der Waals surface area (Å²) in [5.74, 6) is 0.307. The molecule has 0 unspecified atom stereocenters. The number of nitrogens with zero attached hydrogens (tertiary/aromatic N) is 2. The average molecular weight is 273 g/mol. The number of anilines is 1. The van der Waals surface area contributed by atoms with Crippen LogP contribution in [-0.4, -0.2) is 18.6 Å². The van der Waals surface area contributed by atoms with E-state index in [2.05, 4.69) is 14.9 Å². The molecule has 0 amide bonds. The van der Waals surface area contributed by atoms with Gasteiger partial charge in [-0.1, -0.05) is 5.10 Å². The molecule has 8 heteroatoms. The molecule has 17 heavy (non-hydrogen) atoms. The third-order valence-electron chi connectivity index (χ3n) is 2.16. The number of aryl methyl sites for hydroxylation is 3.